The fraction of sp³-hybridized carbons (Fsp3) is 0.364. The summed E-state index contributed by atoms with van der Waals surface area (Å²) in [6.07, 6.45) is -0.294. The van der Waals surface area contributed by atoms with E-state index in [1.807, 2.05) is 0 Å². The second-order valence-corrected chi connectivity index (χ2v) is 4.21. The highest BCUT2D eigenvalue weighted by molar-refractivity contribution is 5.68. The molecule has 0 aliphatic heterocycles. The van der Waals surface area contributed by atoms with Crippen molar-refractivity contribution >= 4 is 5.97 Å². The first-order valence-electron chi connectivity index (χ1n) is 4.61. The molecule has 1 aromatic rings. The molecule has 0 aliphatic rings. The van der Waals surface area contributed by atoms with E-state index in [-0.39, 0.29) is 12.0 Å². The molecule has 0 bridgehead atoms. The molecular formula is C11H11F3O2. The highest BCUT2D eigenvalue weighted by Crippen LogP contribution is 2.29. The largest absolute Gasteiger partial charge is 0.481 e. The average molecular weight is 232 g/mol. The molecule has 0 heterocycles. The van der Waals surface area contributed by atoms with Crippen molar-refractivity contribution in [2.24, 2.45) is 0 Å². The van der Waals surface area contributed by atoms with Crippen LogP contribution < -0.4 is 0 Å². The van der Waals surface area contributed by atoms with Crippen molar-refractivity contribution in [3.05, 3.63) is 35.1 Å². The monoisotopic (exact) mass is 232 g/mol. The Morgan fingerprint density at radius 3 is 2.06 bits per heavy atom. The van der Waals surface area contributed by atoms with Gasteiger partial charge in [-0.05, 0) is 17.7 Å². The number of carboxylic acids is 1. The summed E-state index contributed by atoms with van der Waals surface area (Å²) in [4.78, 5) is 10.6. The van der Waals surface area contributed by atoms with Crippen LogP contribution in [0, 0.1) is 17.5 Å². The molecule has 0 saturated heterocycles. The molecule has 88 valence electrons. The van der Waals surface area contributed by atoms with Crippen LogP contribution in [-0.4, -0.2) is 11.1 Å². The topological polar surface area (TPSA) is 37.3 Å². The third-order valence-corrected chi connectivity index (χ3v) is 2.36. The Balaban J connectivity index is 3.18. The summed E-state index contributed by atoms with van der Waals surface area (Å²) >= 11 is 0. The van der Waals surface area contributed by atoms with Crippen molar-refractivity contribution in [2.75, 3.05) is 0 Å². The lowest BCUT2D eigenvalue weighted by atomic mass is 9.81. The van der Waals surface area contributed by atoms with E-state index < -0.39 is 28.8 Å². The van der Waals surface area contributed by atoms with Crippen LogP contribution in [0.2, 0.25) is 0 Å². The van der Waals surface area contributed by atoms with E-state index in [9.17, 15) is 18.0 Å². The Labute approximate surface area is 90.7 Å². The Morgan fingerprint density at radius 2 is 1.69 bits per heavy atom. The minimum atomic E-state index is -1.55. The van der Waals surface area contributed by atoms with Crippen molar-refractivity contribution in [1.82, 2.24) is 0 Å². The zero-order chi connectivity index (χ0) is 12.5. The molecule has 0 aromatic heterocycles. The van der Waals surface area contributed by atoms with Gasteiger partial charge in [-0.1, -0.05) is 13.8 Å². The zero-order valence-electron chi connectivity index (χ0n) is 8.85. The van der Waals surface area contributed by atoms with Crippen LogP contribution in [0.5, 0.6) is 0 Å². The second-order valence-electron chi connectivity index (χ2n) is 4.21. The first-order valence-corrected chi connectivity index (χ1v) is 4.61. The maximum atomic E-state index is 12.9. The van der Waals surface area contributed by atoms with E-state index in [0.29, 0.717) is 0 Å². The smallest absolute Gasteiger partial charge is 0.304 e. The first-order chi connectivity index (χ1) is 7.24. The normalized spacial score (nSPS) is 11.6. The van der Waals surface area contributed by atoms with Gasteiger partial charge < -0.3 is 5.11 Å². The van der Waals surface area contributed by atoms with Crippen LogP contribution in [0.15, 0.2) is 12.1 Å². The molecule has 5 heteroatoms. The molecule has 1 aromatic carbocycles. The Kier molecular flexibility index (Phi) is 3.26. The van der Waals surface area contributed by atoms with Crippen LogP contribution in [0.1, 0.15) is 25.8 Å². The summed E-state index contributed by atoms with van der Waals surface area (Å²) in [7, 11) is 0. The molecule has 0 spiro atoms. The van der Waals surface area contributed by atoms with E-state index in [4.69, 9.17) is 5.11 Å². The predicted octanol–water partition coefficient (Wildman–Crippen LogP) is 2.86. The molecule has 0 aliphatic carbocycles. The number of rotatable bonds is 3. The summed E-state index contributed by atoms with van der Waals surface area (Å²) in [6.45, 7) is 3.04. The lowest BCUT2D eigenvalue weighted by molar-refractivity contribution is -0.138. The number of aliphatic carboxylic acids is 1. The van der Waals surface area contributed by atoms with E-state index >= 15 is 0 Å². The molecule has 0 saturated carbocycles. The molecule has 0 amide bonds. The molecule has 0 fully saturated rings. The van der Waals surface area contributed by atoms with E-state index in [0.717, 1.165) is 12.1 Å². The van der Waals surface area contributed by atoms with Crippen molar-refractivity contribution < 1.29 is 23.1 Å². The zero-order valence-corrected chi connectivity index (χ0v) is 8.85. The number of benzene rings is 1. The van der Waals surface area contributed by atoms with Crippen LogP contribution in [0.4, 0.5) is 13.2 Å². The molecule has 16 heavy (non-hydrogen) atoms. The quantitative estimate of drug-likeness (QED) is 0.813. The Hall–Kier alpha value is -1.52. The third kappa shape index (κ3) is 2.53. The highest BCUT2D eigenvalue weighted by Gasteiger charge is 2.26. The van der Waals surface area contributed by atoms with Gasteiger partial charge in [-0.25, -0.2) is 13.2 Å². The fourth-order valence-corrected chi connectivity index (χ4v) is 1.43. The van der Waals surface area contributed by atoms with Gasteiger partial charge in [0.2, 0.25) is 0 Å². The molecule has 0 atom stereocenters. The number of hydrogen-bond acceptors (Lipinski definition) is 1. The number of hydrogen-bond donors (Lipinski definition) is 1. The first kappa shape index (κ1) is 12.5. The van der Waals surface area contributed by atoms with Gasteiger partial charge >= 0.3 is 5.97 Å². The molecule has 2 nitrogen and oxygen atoms in total. The lowest BCUT2D eigenvalue weighted by Crippen LogP contribution is -2.22. The number of carbonyl (C=O) groups is 1. The van der Waals surface area contributed by atoms with Gasteiger partial charge in [-0.2, -0.15) is 0 Å². The standard InChI is InChI=1S/C11H11F3O2/c1-11(2,5-9(15)16)6-3-7(12)10(14)8(13)4-6/h3-4H,5H2,1-2H3,(H,15,16). The number of carboxylic acid groups (broad SMARTS) is 1. The Morgan fingerprint density at radius 1 is 1.25 bits per heavy atom. The van der Waals surface area contributed by atoms with Crippen molar-refractivity contribution in [1.29, 1.82) is 0 Å². The van der Waals surface area contributed by atoms with E-state index in [1.54, 1.807) is 0 Å². The molecule has 0 radical (unpaired) electrons. The minimum Gasteiger partial charge on any atom is -0.481 e. The molecular weight excluding hydrogens is 221 g/mol. The summed E-state index contributed by atoms with van der Waals surface area (Å²) in [5.41, 5.74) is -0.840. The van der Waals surface area contributed by atoms with Gasteiger partial charge in [0.25, 0.3) is 0 Å². The van der Waals surface area contributed by atoms with Gasteiger partial charge in [-0.3, -0.25) is 4.79 Å². The maximum Gasteiger partial charge on any atom is 0.304 e. The summed E-state index contributed by atoms with van der Waals surface area (Å²) < 4.78 is 38.6. The SMILES string of the molecule is CC(C)(CC(=O)O)c1cc(F)c(F)c(F)c1. The van der Waals surface area contributed by atoms with E-state index in [2.05, 4.69) is 0 Å². The maximum absolute atomic E-state index is 12.9. The number of halogens is 3. The minimum absolute atomic E-state index is 0.117. The van der Waals surface area contributed by atoms with Crippen LogP contribution >= 0.6 is 0 Å². The van der Waals surface area contributed by atoms with Crippen molar-refractivity contribution in [3.63, 3.8) is 0 Å². The lowest BCUT2D eigenvalue weighted by Gasteiger charge is -2.23. The third-order valence-electron chi connectivity index (χ3n) is 2.36. The van der Waals surface area contributed by atoms with Crippen LogP contribution in [0.25, 0.3) is 0 Å². The van der Waals surface area contributed by atoms with Crippen LogP contribution in [-0.2, 0) is 10.2 Å². The molecule has 0 unspecified atom stereocenters. The van der Waals surface area contributed by atoms with Crippen LogP contribution in [0.3, 0.4) is 0 Å². The van der Waals surface area contributed by atoms with Gasteiger partial charge in [0.05, 0.1) is 6.42 Å². The van der Waals surface area contributed by atoms with Gasteiger partial charge in [-0.15, -0.1) is 0 Å². The van der Waals surface area contributed by atoms with Gasteiger partial charge in [0.1, 0.15) is 0 Å². The average Bonchev–Trinajstić information content (AvgIpc) is 2.11. The predicted molar refractivity (Wildman–Crippen MR) is 51.6 cm³/mol. The highest BCUT2D eigenvalue weighted by atomic mass is 19.2. The van der Waals surface area contributed by atoms with Crippen molar-refractivity contribution in [2.45, 2.75) is 25.7 Å². The fourth-order valence-electron chi connectivity index (χ4n) is 1.43. The summed E-state index contributed by atoms with van der Waals surface area (Å²) in [5, 5.41) is 8.64. The summed E-state index contributed by atoms with van der Waals surface area (Å²) in [6, 6.07) is 1.64. The molecule has 1 N–H and O–H groups in total. The van der Waals surface area contributed by atoms with Gasteiger partial charge in [0.15, 0.2) is 17.5 Å². The van der Waals surface area contributed by atoms with Gasteiger partial charge in [0, 0.05) is 5.41 Å². The Bertz CT molecular complexity index is 404. The van der Waals surface area contributed by atoms with E-state index in [1.165, 1.54) is 13.8 Å². The molecule has 1 rings (SSSR count). The summed E-state index contributed by atoms with van der Waals surface area (Å²) in [5.74, 6) is -5.26. The second kappa shape index (κ2) is 4.15. The van der Waals surface area contributed by atoms with Crippen molar-refractivity contribution in [3.8, 4) is 0 Å².